The first-order chi connectivity index (χ1) is 13.1. The van der Waals surface area contributed by atoms with Crippen molar-refractivity contribution in [3.63, 3.8) is 0 Å². The molecule has 2 aromatic rings. The summed E-state index contributed by atoms with van der Waals surface area (Å²) in [7, 11) is -1.31. The first-order valence-electron chi connectivity index (χ1n) is 8.32. The van der Waals surface area contributed by atoms with E-state index in [9.17, 15) is 13.2 Å². The summed E-state index contributed by atoms with van der Waals surface area (Å²) in [5.41, 5.74) is 12.8. The Morgan fingerprint density at radius 1 is 1.21 bits per heavy atom. The number of amides is 2. The van der Waals surface area contributed by atoms with Crippen LogP contribution in [0.4, 0.5) is 10.7 Å². The molecule has 5 N–H and O–H groups in total. The van der Waals surface area contributed by atoms with E-state index in [1.807, 2.05) is 24.3 Å². The molecule has 0 fully saturated rings. The molecule has 0 saturated heterocycles. The number of rotatable bonds is 7. The maximum absolute atomic E-state index is 11.5. The lowest BCUT2D eigenvalue weighted by atomic mass is 10.1. The van der Waals surface area contributed by atoms with Crippen molar-refractivity contribution in [1.29, 1.82) is 0 Å². The molecule has 0 atom stereocenters. The molecule has 2 rings (SSSR count). The molecule has 150 valence electrons. The van der Waals surface area contributed by atoms with E-state index in [1.165, 1.54) is 6.26 Å². The van der Waals surface area contributed by atoms with Crippen molar-refractivity contribution in [1.82, 2.24) is 15.3 Å². The summed E-state index contributed by atoms with van der Waals surface area (Å²) in [6.45, 7) is 0.569. The first kappa shape index (κ1) is 21.1. The van der Waals surface area contributed by atoms with E-state index >= 15 is 0 Å². The number of carbonyl (C=O) groups is 1. The monoisotopic (exact) mass is 405 g/mol. The van der Waals surface area contributed by atoms with Gasteiger partial charge in [-0.25, -0.2) is 23.2 Å². The lowest BCUT2D eigenvalue weighted by Gasteiger charge is -2.16. The molecule has 28 heavy (non-hydrogen) atoms. The van der Waals surface area contributed by atoms with Gasteiger partial charge in [0, 0.05) is 44.4 Å². The van der Waals surface area contributed by atoms with Gasteiger partial charge >= 0.3 is 6.03 Å². The molecule has 0 saturated carbocycles. The summed E-state index contributed by atoms with van der Waals surface area (Å²) in [6, 6.07) is 6.88. The number of aliphatic imine (C=N–C) groups is 1. The topological polar surface area (TPSA) is 157 Å². The minimum atomic E-state index is -3.05. The second-order valence-electron chi connectivity index (χ2n) is 6.22. The van der Waals surface area contributed by atoms with Gasteiger partial charge in [0.1, 0.15) is 9.84 Å². The zero-order valence-electron chi connectivity index (χ0n) is 15.7. The first-order valence-corrected chi connectivity index (χ1v) is 10.4. The van der Waals surface area contributed by atoms with Crippen molar-refractivity contribution < 1.29 is 13.2 Å². The van der Waals surface area contributed by atoms with Gasteiger partial charge in [-0.3, -0.25) is 0 Å². The van der Waals surface area contributed by atoms with Crippen LogP contribution in [0.2, 0.25) is 0 Å². The van der Waals surface area contributed by atoms with Crippen LogP contribution in [0, 0.1) is 0 Å². The predicted octanol–water partition coefficient (Wildman–Crippen LogP) is 0.107. The fourth-order valence-electron chi connectivity index (χ4n) is 2.27. The van der Waals surface area contributed by atoms with Gasteiger partial charge in [0.25, 0.3) is 0 Å². The van der Waals surface area contributed by atoms with Crippen molar-refractivity contribution in [2.24, 2.45) is 16.5 Å². The number of aromatic nitrogens is 2. The molecule has 0 aliphatic heterocycles. The molecular weight excluding hydrogens is 382 g/mol. The fourth-order valence-corrected chi connectivity index (χ4v) is 2.87. The molecule has 0 spiro atoms. The number of sulfone groups is 1. The van der Waals surface area contributed by atoms with Crippen LogP contribution < -0.4 is 21.7 Å². The van der Waals surface area contributed by atoms with Gasteiger partial charge in [-0.15, -0.1) is 0 Å². The molecule has 10 nitrogen and oxygen atoms in total. The maximum atomic E-state index is 11.5. The summed E-state index contributed by atoms with van der Waals surface area (Å²) < 4.78 is 22.5. The van der Waals surface area contributed by atoms with Gasteiger partial charge < -0.3 is 21.7 Å². The zero-order chi connectivity index (χ0) is 20.7. The molecule has 2 amide bonds. The van der Waals surface area contributed by atoms with Crippen molar-refractivity contribution >= 4 is 27.8 Å². The number of anilines is 1. The third-order valence-corrected chi connectivity index (χ3v) is 4.64. The Balaban J connectivity index is 2.05. The minimum Gasteiger partial charge on any atom is -0.370 e. The van der Waals surface area contributed by atoms with E-state index in [-0.39, 0.29) is 18.3 Å². The van der Waals surface area contributed by atoms with Crippen LogP contribution in [0.3, 0.4) is 0 Å². The number of urea groups is 1. The Morgan fingerprint density at radius 2 is 1.89 bits per heavy atom. The highest BCUT2D eigenvalue weighted by Crippen LogP contribution is 2.20. The quantitative estimate of drug-likeness (QED) is 0.433. The van der Waals surface area contributed by atoms with E-state index in [4.69, 9.17) is 11.5 Å². The van der Waals surface area contributed by atoms with Crippen molar-refractivity contribution in [2.45, 2.75) is 6.54 Å². The standard InChI is InChI=1S/C17H23N7O3S/c1-24(6-7-28(2,26)27)16-20-10-14(11-21-16)13-5-3-4-12(8-13)9-22-17(25)23-15(18)19/h3-5,8,10-11H,6-7,9H2,1-2H3,(H5,18,19,22,23,25). The molecular formula is C17H23N7O3S. The van der Waals surface area contributed by atoms with Crippen LogP contribution in [-0.4, -0.2) is 56.0 Å². The smallest absolute Gasteiger partial charge is 0.344 e. The van der Waals surface area contributed by atoms with Gasteiger partial charge in [0.05, 0.1) is 5.75 Å². The van der Waals surface area contributed by atoms with E-state index in [1.54, 1.807) is 24.3 Å². The van der Waals surface area contributed by atoms with E-state index in [0.29, 0.717) is 12.5 Å². The third-order valence-electron chi connectivity index (χ3n) is 3.71. The van der Waals surface area contributed by atoms with E-state index in [2.05, 4.69) is 20.3 Å². The largest absolute Gasteiger partial charge is 0.370 e. The van der Waals surface area contributed by atoms with Crippen LogP contribution in [0.5, 0.6) is 0 Å². The molecule has 1 heterocycles. The van der Waals surface area contributed by atoms with Crippen molar-refractivity contribution in [2.75, 3.05) is 30.5 Å². The van der Waals surface area contributed by atoms with E-state index < -0.39 is 15.9 Å². The van der Waals surface area contributed by atoms with E-state index in [0.717, 1.165) is 16.7 Å². The summed E-state index contributed by atoms with van der Waals surface area (Å²) >= 11 is 0. The Labute approximate surface area is 163 Å². The summed E-state index contributed by atoms with van der Waals surface area (Å²) in [6.07, 6.45) is 4.52. The van der Waals surface area contributed by atoms with Gasteiger partial charge in [-0.1, -0.05) is 18.2 Å². The third kappa shape index (κ3) is 6.83. The number of nitrogens with zero attached hydrogens (tertiary/aromatic N) is 4. The summed E-state index contributed by atoms with van der Waals surface area (Å²) in [5.74, 6) is 0.167. The number of carbonyl (C=O) groups excluding carboxylic acids is 1. The lowest BCUT2D eigenvalue weighted by molar-refractivity contribution is 0.249. The maximum Gasteiger partial charge on any atom is 0.344 e. The summed E-state index contributed by atoms with van der Waals surface area (Å²) in [4.78, 5) is 25.1. The number of nitrogens with two attached hydrogens (primary N) is 2. The van der Waals surface area contributed by atoms with Crippen molar-refractivity contribution in [3.05, 3.63) is 42.2 Å². The molecule has 1 aromatic carbocycles. The zero-order valence-corrected chi connectivity index (χ0v) is 16.5. The van der Waals surface area contributed by atoms with Crippen LogP contribution in [-0.2, 0) is 16.4 Å². The minimum absolute atomic E-state index is 0.0300. The van der Waals surface area contributed by atoms with Gasteiger partial charge in [-0.2, -0.15) is 4.99 Å². The van der Waals surface area contributed by atoms with Gasteiger partial charge in [0.15, 0.2) is 5.96 Å². The number of benzene rings is 1. The Kier molecular flexibility index (Phi) is 6.88. The number of hydrogen-bond donors (Lipinski definition) is 3. The predicted molar refractivity (Wildman–Crippen MR) is 108 cm³/mol. The van der Waals surface area contributed by atoms with Crippen LogP contribution in [0.15, 0.2) is 41.7 Å². The number of guanidine groups is 1. The molecule has 0 aliphatic rings. The highest BCUT2D eigenvalue weighted by molar-refractivity contribution is 7.90. The summed E-state index contributed by atoms with van der Waals surface area (Å²) in [5, 5.41) is 2.59. The molecule has 0 aliphatic carbocycles. The molecule has 1 aromatic heterocycles. The SMILES string of the molecule is CN(CCS(C)(=O)=O)c1ncc(-c2cccc(CNC(=O)N=C(N)N)c2)cn1. The fraction of sp³-hybridized carbons (Fsp3) is 0.294. The second-order valence-corrected chi connectivity index (χ2v) is 8.48. The van der Waals surface area contributed by atoms with Crippen LogP contribution in [0.25, 0.3) is 11.1 Å². The molecule has 0 radical (unpaired) electrons. The molecule has 11 heteroatoms. The van der Waals surface area contributed by atoms with Crippen LogP contribution >= 0.6 is 0 Å². The van der Waals surface area contributed by atoms with Crippen molar-refractivity contribution in [3.8, 4) is 11.1 Å². The Morgan fingerprint density at radius 3 is 2.50 bits per heavy atom. The Bertz CT molecular complexity index is 955. The molecule has 0 unspecified atom stereocenters. The van der Waals surface area contributed by atoms with Gasteiger partial charge in [0.2, 0.25) is 5.95 Å². The second kappa shape index (κ2) is 9.13. The molecule has 0 bridgehead atoms. The van der Waals surface area contributed by atoms with Crippen LogP contribution in [0.1, 0.15) is 5.56 Å². The normalized spacial score (nSPS) is 10.9. The Hall–Kier alpha value is -3.21. The average molecular weight is 405 g/mol. The number of nitrogens with one attached hydrogen (secondary N) is 1. The average Bonchev–Trinajstić information content (AvgIpc) is 2.64. The lowest BCUT2D eigenvalue weighted by Crippen LogP contribution is -2.28. The highest BCUT2D eigenvalue weighted by Gasteiger charge is 2.09. The highest BCUT2D eigenvalue weighted by atomic mass is 32.2. The number of hydrogen-bond acceptors (Lipinski definition) is 6. The van der Waals surface area contributed by atoms with Gasteiger partial charge in [-0.05, 0) is 17.2 Å².